The normalized spacial score (nSPS) is 13.4. The predicted octanol–water partition coefficient (Wildman–Crippen LogP) is 2.14. The van der Waals surface area contributed by atoms with E-state index in [0.717, 1.165) is 5.56 Å². The predicted molar refractivity (Wildman–Crippen MR) is 83.0 cm³/mol. The van der Waals surface area contributed by atoms with Crippen molar-refractivity contribution in [1.82, 2.24) is 9.97 Å². The second kappa shape index (κ2) is 7.51. The van der Waals surface area contributed by atoms with Crippen molar-refractivity contribution < 1.29 is 15.0 Å². The molecule has 0 aliphatic heterocycles. The molecule has 2 aromatic rings. The number of nitrogens with zero attached hydrogens (tertiary/aromatic N) is 2. The van der Waals surface area contributed by atoms with Crippen LogP contribution in [-0.2, 0) is 0 Å². The lowest BCUT2D eigenvalue weighted by molar-refractivity contribution is 0.0690. The van der Waals surface area contributed by atoms with Gasteiger partial charge in [-0.25, -0.2) is 14.8 Å². The summed E-state index contributed by atoms with van der Waals surface area (Å²) in [6.45, 7) is 2.34. The number of nitrogens with one attached hydrogen (secondary N) is 1. The highest BCUT2D eigenvalue weighted by Gasteiger charge is 2.14. The molecule has 0 aliphatic rings. The molecule has 116 valence electrons. The molecular formula is C16H19N3O3. The zero-order valence-electron chi connectivity index (χ0n) is 12.3. The Bertz CT molecular complexity index is 600. The molecule has 6 heteroatoms. The Morgan fingerprint density at radius 3 is 2.50 bits per heavy atom. The van der Waals surface area contributed by atoms with Crippen LogP contribution in [0.1, 0.15) is 35.3 Å². The van der Waals surface area contributed by atoms with E-state index in [1.54, 1.807) is 6.92 Å². The fourth-order valence-corrected chi connectivity index (χ4v) is 2.23. The van der Waals surface area contributed by atoms with Gasteiger partial charge in [0.05, 0.1) is 18.5 Å². The molecular weight excluding hydrogens is 282 g/mol. The summed E-state index contributed by atoms with van der Waals surface area (Å²) in [5, 5.41) is 21.6. The van der Waals surface area contributed by atoms with Crippen LogP contribution in [0.5, 0.6) is 0 Å². The van der Waals surface area contributed by atoms with Crippen LogP contribution in [0.25, 0.3) is 0 Å². The monoisotopic (exact) mass is 301 g/mol. The minimum atomic E-state index is -1.10. The van der Waals surface area contributed by atoms with Crippen molar-refractivity contribution in [3.05, 3.63) is 54.0 Å². The van der Waals surface area contributed by atoms with Gasteiger partial charge in [0.25, 0.3) is 0 Å². The minimum absolute atomic E-state index is 0.0888. The van der Waals surface area contributed by atoms with Crippen LogP contribution in [0.2, 0.25) is 0 Å². The van der Waals surface area contributed by atoms with E-state index in [9.17, 15) is 9.90 Å². The Morgan fingerprint density at radius 1 is 1.23 bits per heavy atom. The molecule has 1 heterocycles. The number of aromatic carboxylic acids is 1. The zero-order chi connectivity index (χ0) is 15.9. The van der Waals surface area contributed by atoms with E-state index in [1.807, 2.05) is 30.3 Å². The van der Waals surface area contributed by atoms with Crippen LogP contribution in [0, 0.1) is 0 Å². The van der Waals surface area contributed by atoms with E-state index in [-0.39, 0.29) is 11.6 Å². The summed E-state index contributed by atoms with van der Waals surface area (Å²) in [5.41, 5.74) is 1.04. The molecule has 0 amide bonds. The maximum absolute atomic E-state index is 10.7. The van der Waals surface area contributed by atoms with Crippen LogP contribution in [0.3, 0.4) is 0 Å². The summed E-state index contributed by atoms with van der Waals surface area (Å²) in [7, 11) is 0. The first-order chi connectivity index (χ1) is 10.6. The number of carbonyl (C=O) groups is 1. The van der Waals surface area contributed by atoms with Gasteiger partial charge in [-0.15, -0.1) is 0 Å². The SMILES string of the molecule is CC(O)CC(CNc1cnc(C(=O)O)cn1)c1ccccc1. The maximum Gasteiger partial charge on any atom is 0.356 e. The van der Waals surface area contributed by atoms with Gasteiger partial charge < -0.3 is 15.5 Å². The molecule has 1 aromatic carbocycles. The van der Waals surface area contributed by atoms with Crippen molar-refractivity contribution in [2.45, 2.75) is 25.4 Å². The van der Waals surface area contributed by atoms with E-state index in [4.69, 9.17) is 5.11 Å². The number of hydrogen-bond acceptors (Lipinski definition) is 5. The fourth-order valence-electron chi connectivity index (χ4n) is 2.23. The first kappa shape index (κ1) is 15.9. The van der Waals surface area contributed by atoms with E-state index in [1.165, 1.54) is 12.4 Å². The lowest BCUT2D eigenvalue weighted by Gasteiger charge is -2.19. The summed E-state index contributed by atoms with van der Waals surface area (Å²) in [5.74, 6) is -0.464. The molecule has 2 unspecified atom stereocenters. The van der Waals surface area contributed by atoms with Crippen molar-refractivity contribution >= 4 is 11.8 Å². The number of benzene rings is 1. The zero-order valence-corrected chi connectivity index (χ0v) is 12.3. The summed E-state index contributed by atoms with van der Waals surface area (Å²) in [6.07, 6.45) is 2.83. The van der Waals surface area contributed by atoms with Gasteiger partial charge in [-0.2, -0.15) is 0 Å². The fraction of sp³-hybridized carbons (Fsp3) is 0.312. The third-order valence-electron chi connectivity index (χ3n) is 3.30. The summed E-state index contributed by atoms with van der Waals surface area (Å²) in [6, 6.07) is 9.92. The topological polar surface area (TPSA) is 95.3 Å². The minimum Gasteiger partial charge on any atom is -0.476 e. The third kappa shape index (κ3) is 4.53. The Morgan fingerprint density at radius 2 is 1.95 bits per heavy atom. The van der Waals surface area contributed by atoms with Crippen LogP contribution < -0.4 is 5.32 Å². The highest BCUT2D eigenvalue weighted by Crippen LogP contribution is 2.21. The van der Waals surface area contributed by atoms with Gasteiger partial charge in [-0.1, -0.05) is 30.3 Å². The average molecular weight is 301 g/mol. The van der Waals surface area contributed by atoms with Crippen LogP contribution in [0.4, 0.5) is 5.82 Å². The van der Waals surface area contributed by atoms with E-state index in [0.29, 0.717) is 18.8 Å². The number of rotatable bonds is 7. The van der Waals surface area contributed by atoms with Crippen molar-refractivity contribution in [3.63, 3.8) is 0 Å². The second-order valence-electron chi connectivity index (χ2n) is 5.17. The molecule has 2 atom stereocenters. The molecule has 0 fully saturated rings. The summed E-state index contributed by atoms with van der Waals surface area (Å²) in [4.78, 5) is 18.6. The first-order valence-corrected chi connectivity index (χ1v) is 7.08. The lowest BCUT2D eigenvalue weighted by atomic mass is 9.93. The number of carboxylic acids is 1. The smallest absolute Gasteiger partial charge is 0.356 e. The van der Waals surface area contributed by atoms with Crippen LogP contribution >= 0.6 is 0 Å². The highest BCUT2D eigenvalue weighted by molar-refractivity contribution is 5.84. The molecule has 6 nitrogen and oxygen atoms in total. The number of aromatic nitrogens is 2. The summed E-state index contributed by atoms with van der Waals surface area (Å²) >= 11 is 0. The van der Waals surface area contributed by atoms with Gasteiger partial charge in [-0.05, 0) is 18.9 Å². The largest absolute Gasteiger partial charge is 0.476 e. The number of carboxylic acid groups (broad SMARTS) is 1. The van der Waals surface area contributed by atoms with E-state index >= 15 is 0 Å². The van der Waals surface area contributed by atoms with Crippen molar-refractivity contribution in [2.24, 2.45) is 0 Å². The first-order valence-electron chi connectivity index (χ1n) is 7.08. The molecule has 0 spiro atoms. The maximum atomic E-state index is 10.7. The Labute approximate surface area is 128 Å². The molecule has 0 saturated carbocycles. The molecule has 3 N–H and O–H groups in total. The molecule has 2 rings (SSSR count). The van der Waals surface area contributed by atoms with Gasteiger partial charge in [0.1, 0.15) is 5.82 Å². The standard InChI is InChI=1S/C16H19N3O3/c1-11(20)7-13(12-5-3-2-4-6-12)8-18-15-10-17-14(9-19-15)16(21)22/h2-6,9-11,13,20H,7-8H2,1H3,(H,18,19)(H,21,22). The Hall–Kier alpha value is -2.47. The molecule has 0 bridgehead atoms. The van der Waals surface area contributed by atoms with E-state index < -0.39 is 12.1 Å². The van der Waals surface area contributed by atoms with Gasteiger partial charge in [0.15, 0.2) is 5.69 Å². The third-order valence-corrected chi connectivity index (χ3v) is 3.30. The van der Waals surface area contributed by atoms with Gasteiger partial charge in [-0.3, -0.25) is 0 Å². The van der Waals surface area contributed by atoms with Crippen molar-refractivity contribution in [2.75, 3.05) is 11.9 Å². The van der Waals surface area contributed by atoms with Crippen molar-refractivity contribution in [3.8, 4) is 0 Å². The molecule has 0 aliphatic carbocycles. The quantitative estimate of drug-likeness (QED) is 0.725. The molecule has 22 heavy (non-hydrogen) atoms. The molecule has 0 radical (unpaired) electrons. The van der Waals surface area contributed by atoms with E-state index in [2.05, 4.69) is 15.3 Å². The number of anilines is 1. The Balaban J connectivity index is 2.03. The molecule has 0 saturated heterocycles. The number of aliphatic hydroxyl groups is 1. The van der Waals surface area contributed by atoms with Gasteiger partial charge in [0, 0.05) is 12.5 Å². The van der Waals surface area contributed by atoms with Gasteiger partial charge >= 0.3 is 5.97 Å². The van der Waals surface area contributed by atoms with Crippen molar-refractivity contribution in [1.29, 1.82) is 0 Å². The lowest BCUT2D eigenvalue weighted by Crippen LogP contribution is -2.18. The molecule has 1 aromatic heterocycles. The number of aliphatic hydroxyl groups excluding tert-OH is 1. The summed E-state index contributed by atoms with van der Waals surface area (Å²) < 4.78 is 0. The average Bonchev–Trinajstić information content (AvgIpc) is 2.52. The number of hydrogen-bond donors (Lipinski definition) is 3. The van der Waals surface area contributed by atoms with Crippen LogP contribution in [0.15, 0.2) is 42.7 Å². The van der Waals surface area contributed by atoms with Gasteiger partial charge in [0.2, 0.25) is 0 Å². The Kier molecular flexibility index (Phi) is 5.43. The van der Waals surface area contributed by atoms with Crippen LogP contribution in [-0.4, -0.2) is 38.8 Å². The highest BCUT2D eigenvalue weighted by atomic mass is 16.4. The second-order valence-corrected chi connectivity index (χ2v) is 5.17.